The number of nitrogens with one attached hydrogen (secondary N) is 2. The van der Waals surface area contributed by atoms with Gasteiger partial charge in [-0.15, -0.1) is 0 Å². The van der Waals surface area contributed by atoms with Gasteiger partial charge in [0.1, 0.15) is 5.78 Å². The van der Waals surface area contributed by atoms with Gasteiger partial charge in [0.2, 0.25) is 11.8 Å². The standard InChI is InChI=1S/C37H70N2O10/c1-3-5-6-7-8-9-10-11-12-13-14-18-34(40)32-33(37(43)44)17-15-16-20-38-36(42)19-22-45-24-26-47-28-30-49-31-29-48-27-25-46-23-21-39-35(41)4-2/h33H,3-32H2,1-2H3,(H,38,42)(H,39,41)(H,43,44). The van der Waals surface area contributed by atoms with Gasteiger partial charge in [-0.25, -0.2) is 0 Å². The molecular weight excluding hydrogens is 632 g/mol. The molecule has 0 rings (SSSR count). The van der Waals surface area contributed by atoms with E-state index >= 15 is 0 Å². The Labute approximate surface area is 296 Å². The number of Topliss-reactive ketones (excluding diaryl/α,β-unsaturated/α-hetero) is 1. The third-order valence-corrected chi connectivity index (χ3v) is 8.04. The summed E-state index contributed by atoms with van der Waals surface area (Å²) in [7, 11) is 0. The maximum absolute atomic E-state index is 12.3. The number of rotatable bonds is 39. The van der Waals surface area contributed by atoms with Crippen molar-refractivity contribution in [2.75, 3.05) is 79.2 Å². The molecule has 3 N–H and O–H groups in total. The van der Waals surface area contributed by atoms with Crippen molar-refractivity contribution in [3.63, 3.8) is 0 Å². The number of unbranched alkanes of at least 4 members (excludes halogenated alkanes) is 11. The van der Waals surface area contributed by atoms with Crippen LogP contribution in [0.1, 0.15) is 129 Å². The lowest BCUT2D eigenvalue weighted by Gasteiger charge is -2.12. The number of hydrogen-bond acceptors (Lipinski definition) is 9. The second kappa shape index (κ2) is 37.1. The van der Waals surface area contributed by atoms with Crippen LogP contribution in [0.4, 0.5) is 0 Å². The van der Waals surface area contributed by atoms with Gasteiger partial charge in [0.15, 0.2) is 0 Å². The number of ether oxygens (including phenoxy) is 5. The fourth-order valence-corrected chi connectivity index (χ4v) is 5.04. The molecule has 12 nitrogen and oxygen atoms in total. The van der Waals surface area contributed by atoms with Gasteiger partial charge in [-0.1, -0.05) is 84.5 Å². The minimum Gasteiger partial charge on any atom is -0.481 e. The van der Waals surface area contributed by atoms with Gasteiger partial charge in [-0.05, 0) is 19.3 Å². The van der Waals surface area contributed by atoms with E-state index in [2.05, 4.69) is 17.6 Å². The number of carbonyl (C=O) groups is 4. The fraction of sp³-hybridized carbons (Fsp3) is 0.892. The highest BCUT2D eigenvalue weighted by atomic mass is 16.6. The first-order valence-electron chi connectivity index (χ1n) is 19.1. The number of hydrogen-bond donors (Lipinski definition) is 3. The Hall–Kier alpha value is -2.12. The van der Waals surface area contributed by atoms with Crippen LogP contribution in [0, 0.1) is 5.92 Å². The number of carboxylic acid groups (broad SMARTS) is 1. The molecule has 288 valence electrons. The molecule has 0 aromatic heterocycles. The molecule has 0 saturated heterocycles. The lowest BCUT2D eigenvalue weighted by molar-refractivity contribution is -0.144. The van der Waals surface area contributed by atoms with Crippen molar-refractivity contribution in [2.24, 2.45) is 5.92 Å². The second-order valence-corrected chi connectivity index (χ2v) is 12.4. The summed E-state index contributed by atoms with van der Waals surface area (Å²) in [5.41, 5.74) is 0. The van der Waals surface area contributed by atoms with Crippen LogP contribution in [-0.4, -0.2) is 108 Å². The average molecular weight is 703 g/mol. The molecule has 0 spiro atoms. The van der Waals surface area contributed by atoms with Crippen LogP contribution >= 0.6 is 0 Å². The molecule has 0 heterocycles. The highest BCUT2D eigenvalue weighted by molar-refractivity contribution is 5.83. The van der Waals surface area contributed by atoms with E-state index in [0.29, 0.717) is 111 Å². The first kappa shape index (κ1) is 46.9. The Bertz CT molecular complexity index is 799. The maximum Gasteiger partial charge on any atom is 0.306 e. The topological polar surface area (TPSA) is 159 Å². The van der Waals surface area contributed by atoms with Crippen molar-refractivity contribution in [3.05, 3.63) is 0 Å². The van der Waals surface area contributed by atoms with Crippen molar-refractivity contribution in [1.29, 1.82) is 0 Å². The fourth-order valence-electron chi connectivity index (χ4n) is 5.04. The molecule has 0 bridgehead atoms. The zero-order valence-corrected chi connectivity index (χ0v) is 30.9. The van der Waals surface area contributed by atoms with Crippen LogP contribution < -0.4 is 10.6 Å². The van der Waals surface area contributed by atoms with Gasteiger partial charge in [0.05, 0.1) is 72.0 Å². The summed E-state index contributed by atoms with van der Waals surface area (Å²) in [6.07, 6.45) is 16.5. The number of ketones is 1. The minimum atomic E-state index is -0.916. The minimum absolute atomic E-state index is 0.0128. The van der Waals surface area contributed by atoms with E-state index in [1.165, 1.54) is 51.4 Å². The normalized spacial score (nSPS) is 11.8. The van der Waals surface area contributed by atoms with Crippen LogP contribution in [0.25, 0.3) is 0 Å². The Kier molecular flexibility index (Phi) is 35.5. The monoisotopic (exact) mass is 703 g/mol. The van der Waals surface area contributed by atoms with E-state index in [9.17, 15) is 24.3 Å². The molecule has 1 unspecified atom stereocenters. The first-order chi connectivity index (χ1) is 23.9. The molecule has 0 aliphatic rings. The third kappa shape index (κ3) is 35.5. The van der Waals surface area contributed by atoms with E-state index in [4.69, 9.17) is 23.7 Å². The number of amides is 2. The van der Waals surface area contributed by atoms with E-state index in [1.54, 1.807) is 6.92 Å². The Morgan fingerprint density at radius 3 is 1.49 bits per heavy atom. The molecular formula is C37H70N2O10. The van der Waals surface area contributed by atoms with E-state index in [0.717, 1.165) is 19.3 Å². The number of carbonyl (C=O) groups excluding carboxylic acids is 3. The Balaban J connectivity index is 3.53. The second-order valence-electron chi connectivity index (χ2n) is 12.4. The van der Waals surface area contributed by atoms with Gasteiger partial charge in [-0.3, -0.25) is 19.2 Å². The predicted molar refractivity (Wildman–Crippen MR) is 191 cm³/mol. The highest BCUT2D eigenvalue weighted by Gasteiger charge is 2.20. The summed E-state index contributed by atoms with van der Waals surface area (Å²) in [6.45, 7) is 9.29. The van der Waals surface area contributed by atoms with Gasteiger partial charge in [0.25, 0.3) is 0 Å². The average Bonchev–Trinajstić information content (AvgIpc) is 3.09. The van der Waals surface area contributed by atoms with Crippen LogP contribution in [0.3, 0.4) is 0 Å². The van der Waals surface area contributed by atoms with Crippen molar-refractivity contribution in [2.45, 2.75) is 129 Å². The number of carboxylic acids is 1. The number of aliphatic carboxylic acids is 1. The summed E-state index contributed by atoms with van der Waals surface area (Å²) in [6, 6.07) is 0. The summed E-state index contributed by atoms with van der Waals surface area (Å²) in [4.78, 5) is 47.1. The molecule has 0 aromatic carbocycles. The quantitative estimate of drug-likeness (QED) is 0.0686. The molecule has 0 fully saturated rings. The molecule has 0 radical (unpaired) electrons. The van der Waals surface area contributed by atoms with Gasteiger partial charge in [-0.2, -0.15) is 0 Å². The molecule has 0 aromatic rings. The molecule has 0 aliphatic heterocycles. The Morgan fingerprint density at radius 2 is 0.980 bits per heavy atom. The molecule has 0 saturated carbocycles. The van der Waals surface area contributed by atoms with Gasteiger partial charge >= 0.3 is 5.97 Å². The maximum atomic E-state index is 12.3. The summed E-state index contributed by atoms with van der Waals surface area (Å²) >= 11 is 0. The first-order valence-corrected chi connectivity index (χ1v) is 19.1. The molecule has 1 atom stereocenters. The molecule has 2 amide bonds. The molecule has 12 heteroatoms. The lowest BCUT2D eigenvalue weighted by Crippen LogP contribution is -2.26. The van der Waals surface area contributed by atoms with Crippen LogP contribution in [0.5, 0.6) is 0 Å². The van der Waals surface area contributed by atoms with Crippen molar-refractivity contribution >= 4 is 23.6 Å². The van der Waals surface area contributed by atoms with Crippen molar-refractivity contribution in [3.8, 4) is 0 Å². The summed E-state index contributed by atoms with van der Waals surface area (Å²) < 4.78 is 27.1. The van der Waals surface area contributed by atoms with Gasteiger partial charge < -0.3 is 39.4 Å². The predicted octanol–water partition coefficient (Wildman–Crippen LogP) is 5.63. The Morgan fingerprint density at radius 1 is 0.510 bits per heavy atom. The van der Waals surface area contributed by atoms with E-state index < -0.39 is 11.9 Å². The van der Waals surface area contributed by atoms with E-state index in [1.807, 2.05) is 0 Å². The van der Waals surface area contributed by atoms with Gasteiger partial charge in [0, 0.05) is 38.8 Å². The smallest absolute Gasteiger partial charge is 0.306 e. The van der Waals surface area contributed by atoms with Crippen LogP contribution in [0.2, 0.25) is 0 Å². The SMILES string of the molecule is CCCCCCCCCCCCCC(=O)CC(CCCCNC(=O)CCOCCOCCOCCOCCOCCNC(=O)CC)C(=O)O. The van der Waals surface area contributed by atoms with Crippen molar-refractivity contribution in [1.82, 2.24) is 10.6 Å². The van der Waals surface area contributed by atoms with Crippen LogP contribution in [-0.2, 0) is 42.9 Å². The summed E-state index contributed by atoms with van der Waals surface area (Å²) in [5.74, 6) is -1.62. The van der Waals surface area contributed by atoms with Crippen LogP contribution in [0.15, 0.2) is 0 Å². The zero-order chi connectivity index (χ0) is 36.0. The lowest BCUT2D eigenvalue weighted by atomic mass is 9.94. The molecule has 49 heavy (non-hydrogen) atoms. The van der Waals surface area contributed by atoms with Crippen molar-refractivity contribution < 1.29 is 48.0 Å². The summed E-state index contributed by atoms with van der Waals surface area (Å²) in [5, 5.41) is 15.1. The largest absolute Gasteiger partial charge is 0.481 e. The highest BCUT2D eigenvalue weighted by Crippen LogP contribution is 2.17. The van der Waals surface area contributed by atoms with E-state index in [-0.39, 0.29) is 30.4 Å². The zero-order valence-electron chi connectivity index (χ0n) is 30.9. The molecule has 0 aliphatic carbocycles. The third-order valence-electron chi connectivity index (χ3n) is 8.04.